The number of halogens is 1. The average molecular weight is 328 g/mol. The minimum atomic E-state index is 0.777. The highest BCUT2D eigenvalue weighted by Gasteiger charge is 2.24. The predicted molar refractivity (Wildman–Crippen MR) is 91.0 cm³/mol. The van der Waals surface area contributed by atoms with Crippen molar-refractivity contribution < 1.29 is 0 Å². The van der Waals surface area contributed by atoms with Crippen molar-refractivity contribution in [3.63, 3.8) is 0 Å². The third-order valence-corrected chi connectivity index (χ3v) is 4.46. The predicted octanol–water partition coefficient (Wildman–Crippen LogP) is 5.54. The lowest BCUT2D eigenvalue weighted by Crippen LogP contribution is -1.92. The Kier molecular flexibility index (Phi) is 3.93. The molecule has 2 aromatic carbocycles. The zero-order valence-electron chi connectivity index (χ0n) is 11.6. The Hall–Kier alpha value is -1.54. The quantitative estimate of drug-likeness (QED) is 0.727. The van der Waals surface area contributed by atoms with Crippen molar-refractivity contribution >= 4 is 33.8 Å². The zero-order chi connectivity index (χ0) is 13.9. The summed E-state index contributed by atoms with van der Waals surface area (Å²) >= 11 is 3.63. The van der Waals surface area contributed by atoms with Crippen LogP contribution in [0.2, 0.25) is 0 Å². The lowest BCUT2D eigenvalue weighted by Gasteiger charge is -2.08. The molecule has 102 valence electrons. The molecule has 0 spiro atoms. The molecule has 0 unspecified atom stereocenters. The molecule has 2 aromatic rings. The lowest BCUT2D eigenvalue weighted by atomic mass is 10.0. The van der Waals surface area contributed by atoms with E-state index >= 15 is 0 Å². The minimum Gasteiger partial charge on any atom is -0.388 e. The van der Waals surface area contributed by atoms with Gasteiger partial charge >= 0.3 is 0 Å². The summed E-state index contributed by atoms with van der Waals surface area (Å²) < 4.78 is 1.12. The van der Waals surface area contributed by atoms with Gasteiger partial charge in [-0.05, 0) is 42.0 Å². The maximum absolute atomic E-state index is 3.63. The van der Waals surface area contributed by atoms with Gasteiger partial charge in [0.1, 0.15) is 0 Å². The van der Waals surface area contributed by atoms with Gasteiger partial charge in [0.05, 0.1) is 0 Å². The summed E-state index contributed by atoms with van der Waals surface area (Å²) in [7, 11) is 1.96. The summed E-state index contributed by atoms with van der Waals surface area (Å²) in [5.74, 6) is 0.777. The second-order valence-corrected chi connectivity index (χ2v) is 6.04. The molecule has 0 heterocycles. The van der Waals surface area contributed by atoms with E-state index in [0.717, 1.165) is 16.1 Å². The molecule has 1 aliphatic rings. The second kappa shape index (κ2) is 5.84. The van der Waals surface area contributed by atoms with Crippen molar-refractivity contribution in [1.82, 2.24) is 0 Å². The summed E-state index contributed by atoms with van der Waals surface area (Å²) in [6.07, 6.45) is 7.09. The smallest absolute Gasteiger partial charge is 0.0422 e. The Morgan fingerprint density at radius 1 is 1.05 bits per heavy atom. The Labute approximate surface area is 128 Å². The SMILES string of the molecule is CNc1cccc(Br)c1/C=C/c1ccccc1C1CC1. The highest BCUT2D eigenvalue weighted by atomic mass is 79.9. The largest absolute Gasteiger partial charge is 0.388 e. The van der Waals surface area contributed by atoms with Crippen LogP contribution < -0.4 is 5.32 Å². The Balaban J connectivity index is 1.95. The van der Waals surface area contributed by atoms with E-state index in [0.29, 0.717) is 0 Å². The maximum Gasteiger partial charge on any atom is 0.0422 e. The lowest BCUT2D eigenvalue weighted by molar-refractivity contribution is 1.12. The molecule has 1 aliphatic carbocycles. The van der Waals surface area contributed by atoms with Gasteiger partial charge in [-0.2, -0.15) is 0 Å². The topological polar surface area (TPSA) is 12.0 Å². The van der Waals surface area contributed by atoms with E-state index in [1.807, 2.05) is 13.1 Å². The fourth-order valence-corrected chi connectivity index (χ4v) is 3.02. The van der Waals surface area contributed by atoms with Crippen LogP contribution in [0.3, 0.4) is 0 Å². The van der Waals surface area contributed by atoms with E-state index in [-0.39, 0.29) is 0 Å². The number of rotatable bonds is 4. The molecule has 1 saturated carbocycles. The van der Waals surface area contributed by atoms with Gasteiger partial charge < -0.3 is 5.32 Å². The van der Waals surface area contributed by atoms with E-state index in [2.05, 4.69) is 69.8 Å². The minimum absolute atomic E-state index is 0.777. The van der Waals surface area contributed by atoms with Crippen LogP contribution in [0.15, 0.2) is 46.9 Å². The van der Waals surface area contributed by atoms with Crippen LogP contribution in [0.5, 0.6) is 0 Å². The fraction of sp³-hybridized carbons (Fsp3) is 0.222. The maximum atomic E-state index is 3.63. The molecule has 20 heavy (non-hydrogen) atoms. The number of hydrogen-bond donors (Lipinski definition) is 1. The molecule has 0 aromatic heterocycles. The van der Waals surface area contributed by atoms with Crippen LogP contribution in [-0.2, 0) is 0 Å². The molecule has 1 N–H and O–H groups in total. The second-order valence-electron chi connectivity index (χ2n) is 5.19. The molecular weight excluding hydrogens is 310 g/mol. The summed E-state index contributed by atoms with van der Waals surface area (Å²) in [6.45, 7) is 0. The van der Waals surface area contributed by atoms with Crippen LogP contribution in [0, 0.1) is 0 Å². The van der Waals surface area contributed by atoms with Gasteiger partial charge in [-0.25, -0.2) is 0 Å². The first-order valence-corrected chi connectivity index (χ1v) is 7.82. The van der Waals surface area contributed by atoms with Crippen LogP contribution in [0.25, 0.3) is 12.2 Å². The highest BCUT2D eigenvalue weighted by molar-refractivity contribution is 9.10. The molecule has 0 aliphatic heterocycles. The van der Waals surface area contributed by atoms with E-state index < -0.39 is 0 Å². The summed E-state index contributed by atoms with van der Waals surface area (Å²) in [5.41, 5.74) is 5.16. The molecule has 0 bridgehead atoms. The third kappa shape index (κ3) is 2.80. The van der Waals surface area contributed by atoms with Crippen molar-refractivity contribution in [3.05, 3.63) is 63.6 Å². The Morgan fingerprint density at radius 2 is 1.85 bits per heavy atom. The molecule has 0 radical (unpaired) electrons. The first-order chi connectivity index (χ1) is 9.79. The number of benzene rings is 2. The standard InChI is InChI=1S/C18H18BrN/c1-20-18-8-4-7-17(19)16(18)12-11-13-5-2-3-6-15(13)14-9-10-14/h2-8,11-12,14,20H,9-10H2,1H3/b12-11+. The first kappa shape index (κ1) is 13.4. The summed E-state index contributed by atoms with van der Waals surface area (Å²) in [4.78, 5) is 0. The van der Waals surface area contributed by atoms with Crippen LogP contribution in [0.1, 0.15) is 35.4 Å². The van der Waals surface area contributed by atoms with E-state index in [1.165, 1.54) is 29.5 Å². The van der Waals surface area contributed by atoms with Gasteiger partial charge in [-0.1, -0.05) is 58.4 Å². The van der Waals surface area contributed by atoms with Gasteiger partial charge in [-0.15, -0.1) is 0 Å². The number of hydrogen-bond acceptors (Lipinski definition) is 1. The van der Waals surface area contributed by atoms with Gasteiger partial charge in [0.25, 0.3) is 0 Å². The van der Waals surface area contributed by atoms with Crippen molar-refractivity contribution in [1.29, 1.82) is 0 Å². The Morgan fingerprint density at radius 3 is 2.60 bits per heavy atom. The van der Waals surface area contributed by atoms with Crippen LogP contribution >= 0.6 is 15.9 Å². The molecule has 0 atom stereocenters. The Bertz CT molecular complexity index is 642. The monoisotopic (exact) mass is 327 g/mol. The van der Waals surface area contributed by atoms with Gasteiger partial charge in [0.15, 0.2) is 0 Å². The van der Waals surface area contributed by atoms with E-state index in [9.17, 15) is 0 Å². The van der Waals surface area contributed by atoms with Crippen molar-refractivity contribution in [2.45, 2.75) is 18.8 Å². The first-order valence-electron chi connectivity index (χ1n) is 7.03. The highest BCUT2D eigenvalue weighted by Crippen LogP contribution is 2.42. The molecule has 3 rings (SSSR count). The van der Waals surface area contributed by atoms with Crippen molar-refractivity contribution in [2.24, 2.45) is 0 Å². The molecule has 0 amide bonds. The average Bonchev–Trinajstić information content (AvgIpc) is 3.30. The molecule has 1 fully saturated rings. The summed E-state index contributed by atoms with van der Waals surface area (Å²) in [6, 6.07) is 14.9. The normalized spacial score (nSPS) is 14.7. The molecular formula is C18H18BrN. The third-order valence-electron chi connectivity index (χ3n) is 3.77. The van der Waals surface area contributed by atoms with Gasteiger partial charge in [0.2, 0.25) is 0 Å². The van der Waals surface area contributed by atoms with Gasteiger partial charge in [-0.3, -0.25) is 0 Å². The summed E-state index contributed by atoms with van der Waals surface area (Å²) in [5, 5.41) is 3.24. The van der Waals surface area contributed by atoms with Crippen molar-refractivity contribution in [2.75, 3.05) is 12.4 Å². The molecule has 2 heteroatoms. The number of anilines is 1. The van der Waals surface area contributed by atoms with Gasteiger partial charge in [0, 0.05) is 22.8 Å². The van der Waals surface area contributed by atoms with Crippen LogP contribution in [0.4, 0.5) is 5.69 Å². The van der Waals surface area contributed by atoms with E-state index in [4.69, 9.17) is 0 Å². The van der Waals surface area contributed by atoms with Crippen LogP contribution in [-0.4, -0.2) is 7.05 Å². The number of nitrogens with one attached hydrogen (secondary N) is 1. The van der Waals surface area contributed by atoms with Crippen molar-refractivity contribution in [3.8, 4) is 0 Å². The zero-order valence-corrected chi connectivity index (χ0v) is 13.2. The van der Waals surface area contributed by atoms with E-state index in [1.54, 1.807) is 0 Å². The molecule has 1 nitrogen and oxygen atoms in total. The molecule has 0 saturated heterocycles. The fourth-order valence-electron chi connectivity index (χ4n) is 2.53.